The summed E-state index contributed by atoms with van der Waals surface area (Å²) < 4.78 is 5.27. The van der Waals surface area contributed by atoms with Gasteiger partial charge in [-0.05, 0) is 18.2 Å². The number of H-pyrrole nitrogens is 2. The lowest BCUT2D eigenvalue weighted by atomic mass is 10.2. The van der Waals surface area contributed by atoms with Gasteiger partial charge < -0.3 is 14.6 Å². The van der Waals surface area contributed by atoms with Gasteiger partial charge in [-0.25, -0.2) is 4.98 Å². The molecule has 5 rings (SSSR count). The van der Waals surface area contributed by atoms with Crippen LogP contribution in [0, 0.1) is 0 Å². The molecular formula is C21H22N6O2. The summed E-state index contributed by atoms with van der Waals surface area (Å²) in [6.07, 6.45) is 0. The molecule has 0 aliphatic carbocycles. The van der Waals surface area contributed by atoms with E-state index in [4.69, 9.17) is 4.74 Å². The molecule has 4 aromatic rings. The Morgan fingerprint density at radius 1 is 1.10 bits per heavy atom. The maximum Gasteiger partial charge on any atom is 0.275 e. The maximum atomic E-state index is 12.9. The smallest absolute Gasteiger partial charge is 0.275 e. The average molecular weight is 390 g/mol. The summed E-state index contributed by atoms with van der Waals surface area (Å²) in [4.78, 5) is 25.1. The van der Waals surface area contributed by atoms with Gasteiger partial charge >= 0.3 is 0 Å². The summed E-state index contributed by atoms with van der Waals surface area (Å²) in [7, 11) is 1.66. The number of nitrogens with zero attached hydrogens (tertiary/aromatic N) is 4. The van der Waals surface area contributed by atoms with Gasteiger partial charge in [0, 0.05) is 37.6 Å². The van der Waals surface area contributed by atoms with E-state index in [1.54, 1.807) is 7.11 Å². The lowest BCUT2D eigenvalue weighted by molar-refractivity contribution is 0.0622. The van der Waals surface area contributed by atoms with Gasteiger partial charge in [0.2, 0.25) is 0 Å². The van der Waals surface area contributed by atoms with Crippen LogP contribution in [0.15, 0.2) is 42.5 Å². The number of fused-ring (bicyclic) bond motifs is 2. The third kappa shape index (κ3) is 3.31. The predicted molar refractivity (Wildman–Crippen MR) is 110 cm³/mol. The van der Waals surface area contributed by atoms with E-state index in [0.29, 0.717) is 18.8 Å². The summed E-state index contributed by atoms with van der Waals surface area (Å²) in [6.45, 7) is 3.68. The zero-order valence-electron chi connectivity index (χ0n) is 16.2. The van der Waals surface area contributed by atoms with Gasteiger partial charge in [0.25, 0.3) is 5.91 Å². The number of benzene rings is 2. The van der Waals surface area contributed by atoms with Crippen LogP contribution in [0.3, 0.4) is 0 Å². The molecule has 0 atom stereocenters. The molecule has 0 unspecified atom stereocenters. The Bertz CT molecular complexity index is 1170. The van der Waals surface area contributed by atoms with Gasteiger partial charge in [-0.2, -0.15) is 5.10 Å². The fraction of sp³-hybridized carbons (Fsp3) is 0.286. The molecular weight excluding hydrogens is 368 g/mol. The Kier molecular flexibility index (Phi) is 4.40. The number of amides is 1. The third-order valence-corrected chi connectivity index (χ3v) is 5.44. The van der Waals surface area contributed by atoms with Gasteiger partial charge in [-0.1, -0.05) is 18.2 Å². The summed E-state index contributed by atoms with van der Waals surface area (Å²) in [5.74, 6) is 1.72. The first-order valence-corrected chi connectivity index (χ1v) is 9.68. The number of carbonyl (C=O) groups excluding carboxylic acids is 1. The molecule has 0 spiro atoms. The van der Waals surface area contributed by atoms with E-state index >= 15 is 0 Å². The minimum atomic E-state index is -0.0158. The Balaban J connectivity index is 1.24. The second-order valence-corrected chi connectivity index (χ2v) is 7.25. The van der Waals surface area contributed by atoms with Crippen molar-refractivity contribution in [3.8, 4) is 5.75 Å². The van der Waals surface area contributed by atoms with Crippen LogP contribution in [0.5, 0.6) is 5.75 Å². The number of rotatable bonds is 4. The van der Waals surface area contributed by atoms with Gasteiger partial charge in [0.15, 0.2) is 5.69 Å². The first-order valence-electron chi connectivity index (χ1n) is 9.68. The molecule has 2 N–H and O–H groups in total. The Hall–Kier alpha value is -3.39. The minimum absolute atomic E-state index is 0.0158. The number of hydrogen-bond acceptors (Lipinski definition) is 5. The highest BCUT2D eigenvalue weighted by molar-refractivity contribution is 6.04. The number of hydrogen-bond donors (Lipinski definition) is 2. The van der Waals surface area contributed by atoms with Gasteiger partial charge in [0.1, 0.15) is 11.6 Å². The van der Waals surface area contributed by atoms with E-state index in [0.717, 1.165) is 53.1 Å². The van der Waals surface area contributed by atoms with Crippen LogP contribution < -0.4 is 4.74 Å². The fourth-order valence-corrected chi connectivity index (χ4v) is 3.84. The van der Waals surface area contributed by atoms with E-state index in [2.05, 4.69) is 25.1 Å². The zero-order chi connectivity index (χ0) is 19.8. The number of carbonyl (C=O) groups is 1. The summed E-state index contributed by atoms with van der Waals surface area (Å²) in [6, 6.07) is 13.5. The predicted octanol–water partition coefficient (Wildman–Crippen LogP) is 2.41. The number of aromatic amines is 2. The normalized spacial score (nSPS) is 15.3. The van der Waals surface area contributed by atoms with E-state index in [1.807, 2.05) is 47.4 Å². The number of imidazole rings is 1. The lowest BCUT2D eigenvalue weighted by Gasteiger charge is -2.33. The standard InChI is InChI=1S/C21H22N6O2/c1-29-14-6-7-17-18(12-14)23-19(22-17)13-26-8-10-27(11-9-26)21(28)20-15-4-2-3-5-16(15)24-25-20/h2-7,12H,8-11,13H2,1H3,(H,22,23)(H,24,25). The molecule has 8 nitrogen and oxygen atoms in total. The topological polar surface area (TPSA) is 90.1 Å². The van der Waals surface area contributed by atoms with Crippen molar-refractivity contribution < 1.29 is 9.53 Å². The van der Waals surface area contributed by atoms with E-state index < -0.39 is 0 Å². The van der Waals surface area contributed by atoms with E-state index in [9.17, 15) is 4.79 Å². The number of aromatic nitrogens is 4. The molecule has 1 aliphatic heterocycles. The molecule has 1 fully saturated rings. The van der Waals surface area contributed by atoms with Crippen molar-refractivity contribution in [1.29, 1.82) is 0 Å². The zero-order valence-corrected chi connectivity index (χ0v) is 16.2. The van der Waals surface area contributed by atoms with Crippen LogP contribution in [0.1, 0.15) is 16.3 Å². The highest BCUT2D eigenvalue weighted by atomic mass is 16.5. The van der Waals surface area contributed by atoms with Crippen molar-refractivity contribution in [3.05, 3.63) is 54.0 Å². The fourth-order valence-electron chi connectivity index (χ4n) is 3.84. The number of nitrogens with one attached hydrogen (secondary N) is 2. The second-order valence-electron chi connectivity index (χ2n) is 7.25. The van der Waals surface area contributed by atoms with Crippen LogP contribution in [0.25, 0.3) is 21.9 Å². The molecule has 0 radical (unpaired) electrons. The van der Waals surface area contributed by atoms with Gasteiger partial charge in [0.05, 0.1) is 30.2 Å². The summed E-state index contributed by atoms with van der Waals surface area (Å²) >= 11 is 0. The quantitative estimate of drug-likeness (QED) is 0.559. The maximum absolute atomic E-state index is 12.9. The molecule has 1 aliphatic rings. The number of para-hydroxylation sites is 1. The van der Waals surface area contributed by atoms with Crippen molar-refractivity contribution in [1.82, 2.24) is 30.0 Å². The molecule has 2 aromatic heterocycles. The molecule has 0 saturated carbocycles. The molecule has 3 heterocycles. The molecule has 29 heavy (non-hydrogen) atoms. The molecule has 1 saturated heterocycles. The lowest BCUT2D eigenvalue weighted by Crippen LogP contribution is -2.48. The number of piperazine rings is 1. The van der Waals surface area contributed by atoms with Crippen molar-refractivity contribution in [2.24, 2.45) is 0 Å². The first-order chi connectivity index (χ1) is 14.2. The molecule has 1 amide bonds. The van der Waals surface area contributed by atoms with Gasteiger partial charge in [-0.15, -0.1) is 0 Å². The SMILES string of the molecule is COc1ccc2nc(CN3CCN(C(=O)c4n[nH]c5ccccc45)CC3)[nH]c2c1. The van der Waals surface area contributed by atoms with E-state index in [-0.39, 0.29) is 5.91 Å². The van der Waals surface area contributed by atoms with Crippen LogP contribution >= 0.6 is 0 Å². The van der Waals surface area contributed by atoms with Gasteiger partial charge in [-0.3, -0.25) is 14.8 Å². The Labute approximate surface area is 167 Å². The monoisotopic (exact) mass is 390 g/mol. The number of ether oxygens (including phenoxy) is 1. The third-order valence-electron chi connectivity index (χ3n) is 5.44. The van der Waals surface area contributed by atoms with Crippen molar-refractivity contribution in [2.45, 2.75) is 6.54 Å². The van der Waals surface area contributed by atoms with Crippen LogP contribution in [-0.4, -0.2) is 69.2 Å². The van der Waals surface area contributed by atoms with Crippen LogP contribution in [0.4, 0.5) is 0 Å². The Morgan fingerprint density at radius 3 is 2.76 bits per heavy atom. The van der Waals surface area contributed by atoms with Crippen LogP contribution in [0.2, 0.25) is 0 Å². The van der Waals surface area contributed by atoms with E-state index in [1.165, 1.54) is 0 Å². The molecule has 8 heteroatoms. The Morgan fingerprint density at radius 2 is 1.93 bits per heavy atom. The second kappa shape index (κ2) is 7.21. The minimum Gasteiger partial charge on any atom is -0.497 e. The van der Waals surface area contributed by atoms with Crippen LogP contribution in [-0.2, 0) is 6.54 Å². The summed E-state index contributed by atoms with van der Waals surface area (Å²) in [5, 5.41) is 8.05. The highest BCUT2D eigenvalue weighted by Gasteiger charge is 2.25. The largest absolute Gasteiger partial charge is 0.497 e. The summed E-state index contributed by atoms with van der Waals surface area (Å²) in [5.41, 5.74) is 3.29. The number of methoxy groups -OCH3 is 1. The average Bonchev–Trinajstić information content (AvgIpc) is 3.36. The molecule has 0 bridgehead atoms. The van der Waals surface area contributed by atoms with Crippen molar-refractivity contribution in [3.63, 3.8) is 0 Å². The molecule has 148 valence electrons. The van der Waals surface area contributed by atoms with Crippen molar-refractivity contribution >= 4 is 27.8 Å². The first kappa shape index (κ1) is 17.7. The molecule has 2 aromatic carbocycles. The van der Waals surface area contributed by atoms with Crippen molar-refractivity contribution in [2.75, 3.05) is 33.3 Å². The highest BCUT2D eigenvalue weighted by Crippen LogP contribution is 2.20.